The number of likely N-dealkylation sites (tertiary alicyclic amines) is 1. The van der Waals surface area contributed by atoms with Crippen LogP contribution in [-0.4, -0.2) is 46.4 Å². The van der Waals surface area contributed by atoms with Gasteiger partial charge < -0.3 is 15.0 Å². The van der Waals surface area contributed by atoms with Crippen LogP contribution < -0.4 is 5.32 Å². The molecule has 1 atom stereocenters. The van der Waals surface area contributed by atoms with Crippen molar-refractivity contribution >= 4 is 23.5 Å². The van der Waals surface area contributed by atoms with Gasteiger partial charge in [0.1, 0.15) is 11.4 Å². The topological polar surface area (TPSA) is 67.3 Å². The molecule has 1 aromatic heterocycles. The summed E-state index contributed by atoms with van der Waals surface area (Å²) in [5.74, 6) is 1.39. The molecule has 0 aromatic carbocycles. The molecule has 1 aromatic rings. The molecule has 1 unspecified atom stereocenters. The molecule has 2 heterocycles. The minimum atomic E-state index is -0.433. The lowest BCUT2D eigenvalue weighted by molar-refractivity contribution is 0.0166. The van der Waals surface area contributed by atoms with Gasteiger partial charge in [-0.2, -0.15) is 0 Å². The van der Waals surface area contributed by atoms with Crippen LogP contribution in [0.25, 0.3) is 0 Å². The first-order valence-electron chi connectivity index (χ1n) is 8.48. The number of halogens is 1. The smallest absolute Gasteiger partial charge is 0.410 e. The van der Waals surface area contributed by atoms with Crippen LogP contribution in [0.1, 0.15) is 40.0 Å². The number of hydrogen-bond acceptors (Lipinski definition) is 5. The number of aromatic nitrogens is 2. The van der Waals surface area contributed by atoms with Gasteiger partial charge in [-0.25, -0.2) is 4.79 Å². The Bertz CT molecular complexity index is 592. The van der Waals surface area contributed by atoms with Crippen molar-refractivity contribution in [3.05, 3.63) is 17.3 Å². The molecule has 24 heavy (non-hydrogen) atoms. The van der Waals surface area contributed by atoms with Gasteiger partial charge in [-0.3, -0.25) is 0 Å². The van der Waals surface area contributed by atoms with Gasteiger partial charge in [0, 0.05) is 19.6 Å². The van der Waals surface area contributed by atoms with E-state index in [2.05, 4.69) is 15.5 Å². The Morgan fingerprint density at radius 3 is 2.67 bits per heavy atom. The highest BCUT2D eigenvalue weighted by Gasteiger charge is 2.54. The van der Waals surface area contributed by atoms with E-state index in [1.165, 1.54) is 6.42 Å². The van der Waals surface area contributed by atoms with E-state index in [4.69, 9.17) is 16.3 Å². The molecule has 2 aliphatic rings. The second-order valence-electron chi connectivity index (χ2n) is 7.85. The van der Waals surface area contributed by atoms with Crippen molar-refractivity contribution in [2.75, 3.05) is 25.0 Å². The van der Waals surface area contributed by atoms with Gasteiger partial charge in [-0.05, 0) is 63.5 Å². The van der Waals surface area contributed by atoms with Crippen LogP contribution in [-0.2, 0) is 4.74 Å². The first kappa shape index (κ1) is 17.3. The SMILES string of the molecule is CC(C)(C)OC(=O)N1CCC2(CC1)CC2CNc1ccc(Cl)nn1. The molecule has 1 saturated carbocycles. The number of anilines is 1. The zero-order valence-corrected chi connectivity index (χ0v) is 15.3. The zero-order valence-electron chi connectivity index (χ0n) is 14.5. The number of piperidine rings is 1. The summed E-state index contributed by atoms with van der Waals surface area (Å²) in [5, 5.41) is 11.6. The largest absolute Gasteiger partial charge is 0.444 e. The summed E-state index contributed by atoms with van der Waals surface area (Å²) in [6.07, 6.45) is 3.11. The van der Waals surface area contributed by atoms with Gasteiger partial charge in [-0.15, -0.1) is 10.2 Å². The van der Waals surface area contributed by atoms with E-state index < -0.39 is 5.60 Å². The van der Waals surface area contributed by atoms with Crippen molar-refractivity contribution in [3.8, 4) is 0 Å². The van der Waals surface area contributed by atoms with Crippen LogP contribution in [0.15, 0.2) is 12.1 Å². The molecule has 1 saturated heterocycles. The normalized spacial score (nSPS) is 22.3. The molecule has 0 bridgehead atoms. The molecule has 1 spiro atoms. The Kier molecular flexibility index (Phi) is 4.60. The first-order chi connectivity index (χ1) is 11.3. The maximum absolute atomic E-state index is 12.1. The maximum Gasteiger partial charge on any atom is 0.410 e. The number of carbonyl (C=O) groups excluding carboxylic acids is 1. The van der Waals surface area contributed by atoms with Crippen molar-refractivity contribution in [1.29, 1.82) is 0 Å². The van der Waals surface area contributed by atoms with Crippen molar-refractivity contribution in [2.45, 2.75) is 45.6 Å². The number of carbonyl (C=O) groups is 1. The van der Waals surface area contributed by atoms with Gasteiger partial charge >= 0.3 is 6.09 Å². The Hall–Kier alpha value is -1.56. The highest BCUT2D eigenvalue weighted by atomic mass is 35.5. The summed E-state index contributed by atoms with van der Waals surface area (Å²) >= 11 is 5.74. The van der Waals surface area contributed by atoms with E-state index in [9.17, 15) is 4.79 Å². The summed E-state index contributed by atoms with van der Waals surface area (Å²) in [7, 11) is 0. The summed E-state index contributed by atoms with van der Waals surface area (Å²) in [4.78, 5) is 14.0. The van der Waals surface area contributed by atoms with Gasteiger partial charge in [0.25, 0.3) is 0 Å². The van der Waals surface area contributed by atoms with E-state index in [-0.39, 0.29) is 6.09 Å². The quantitative estimate of drug-likeness (QED) is 0.900. The van der Waals surface area contributed by atoms with E-state index in [0.29, 0.717) is 16.5 Å². The van der Waals surface area contributed by atoms with Crippen LogP contribution in [0.5, 0.6) is 0 Å². The third kappa shape index (κ3) is 4.09. The monoisotopic (exact) mass is 352 g/mol. The number of hydrogen-bond donors (Lipinski definition) is 1. The number of rotatable bonds is 3. The zero-order chi connectivity index (χ0) is 17.4. The molecule has 7 heteroatoms. The molecular weight excluding hydrogens is 328 g/mol. The molecule has 0 radical (unpaired) electrons. The predicted molar refractivity (Wildman–Crippen MR) is 93.1 cm³/mol. The average Bonchev–Trinajstić information content (AvgIpc) is 3.18. The molecule has 132 valence electrons. The molecule has 2 fully saturated rings. The van der Waals surface area contributed by atoms with Crippen molar-refractivity contribution < 1.29 is 9.53 Å². The second kappa shape index (κ2) is 6.39. The first-order valence-corrected chi connectivity index (χ1v) is 8.86. The highest BCUT2D eigenvalue weighted by Crippen LogP contribution is 2.59. The maximum atomic E-state index is 12.1. The number of amides is 1. The molecule has 1 aliphatic carbocycles. The average molecular weight is 353 g/mol. The molecular formula is C17H25ClN4O2. The Morgan fingerprint density at radius 2 is 2.08 bits per heavy atom. The second-order valence-corrected chi connectivity index (χ2v) is 8.24. The third-order valence-corrected chi connectivity index (χ3v) is 5.13. The number of nitrogens with one attached hydrogen (secondary N) is 1. The van der Waals surface area contributed by atoms with Crippen LogP contribution in [0.2, 0.25) is 5.15 Å². The lowest BCUT2D eigenvalue weighted by Gasteiger charge is -2.34. The summed E-state index contributed by atoms with van der Waals surface area (Å²) < 4.78 is 5.46. The standard InChI is InChI=1S/C17H25ClN4O2/c1-16(2,3)24-15(23)22-8-6-17(7-9-22)10-12(17)11-19-14-5-4-13(18)20-21-14/h4-5,12H,6-11H2,1-3H3,(H,19,21). The van der Waals surface area contributed by atoms with E-state index in [0.717, 1.165) is 38.3 Å². The summed E-state index contributed by atoms with van der Waals surface area (Å²) in [6, 6.07) is 3.58. The van der Waals surface area contributed by atoms with Crippen molar-refractivity contribution in [1.82, 2.24) is 15.1 Å². The lowest BCUT2D eigenvalue weighted by Crippen LogP contribution is -2.42. The van der Waals surface area contributed by atoms with E-state index in [1.54, 1.807) is 6.07 Å². The summed E-state index contributed by atoms with van der Waals surface area (Å²) in [6.45, 7) is 8.16. The van der Waals surface area contributed by atoms with Crippen LogP contribution in [0.4, 0.5) is 10.6 Å². The fourth-order valence-electron chi connectivity index (χ4n) is 3.43. The predicted octanol–water partition coefficient (Wildman–Crippen LogP) is 3.58. The molecule has 3 rings (SSSR count). The molecule has 1 aliphatic heterocycles. The van der Waals surface area contributed by atoms with Crippen LogP contribution >= 0.6 is 11.6 Å². The third-order valence-electron chi connectivity index (χ3n) is 4.93. The Balaban J connectivity index is 1.44. The summed E-state index contributed by atoms with van der Waals surface area (Å²) in [5.41, 5.74) is -0.0523. The lowest BCUT2D eigenvalue weighted by atomic mass is 9.91. The molecule has 6 nitrogen and oxygen atoms in total. The van der Waals surface area contributed by atoms with E-state index >= 15 is 0 Å². The molecule has 1 amide bonds. The molecule has 1 N–H and O–H groups in total. The fourth-order valence-corrected chi connectivity index (χ4v) is 3.53. The minimum absolute atomic E-state index is 0.191. The Morgan fingerprint density at radius 1 is 1.38 bits per heavy atom. The van der Waals surface area contributed by atoms with Gasteiger partial charge in [0.05, 0.1) is 0 Å². The van der Waals surface area contributed by atoms with Crippen molar-refractivity contribution in [2.24, 2.45) is 11.3 Å². The van der Waals surface area contributed by atoms with Gasteiger partial charge in [0.2, 0.25) is 0 Å². The number of ether oxygens (including phenoxy) is 1. The highest BCUT2D eigenvalue weighted by molar-refractivity contribution is 6.29. The van der Waals surface area contributed by atoms with E-state index in [1.807, 2.05) is 31.7 Å². The fraction of sp³-hybridized carbons (Fsp3) is 0.706. The number of nitrogens with zero attached hydrogens (tertiary/aromatic N) is 3. The van der Waals surface area contributed by atoms with Gasteiger partial charge in [-0.1, -0.05) is 11.6 Å². The van der Waals surface area contributed by atoms with Crippen LogP contribution in [0, 0.1) is 11.3 Å². The Labute approximate surface area is 147 Å². The van der Waals surface area contributed by atoms with Crippen LogP contribution in [0.3, 0.4) is 0 Å². The minimum Gasteiger partial charge on any atom is -0.444 e. The van der Waals surface area contributed by atoms with Crippen molar-refractivity contribution in [3.63, 3.8) is 0 Å². The van der Waals surface area contributed by atoms with Gasteiger partial charge in [0.15, 0.2) is 5.15 Å².